The van der Waals surface area contributed by atoms with Gasteiger partial charge in [-0.3, -0.25) is 0 Å². The van der Waals surface area contributed by atoms with Crippen LogP contribution < -0.4 is 0 Å². The Bertz CT molecular complexity index is 532. The molecular weight excluding hydrogens is 336 g/mol. The maximum absolute atomic E-state index is 11.9. The summed E-state index contributed by atoms with van der Waals surface area (Å²) < 4.78 is 16.3. The highest BCUT2D eigenvalue weighted by molar-refractivity contribution is 5.88. The summed E-state index contributed by atoms with van der Waals surface area (Å²) in [5.74, 6) is -1.75. The molecule has 146 valence electrons. The molecule has 0 saturated carbocycles. The molecule has 0 aromatic heterocycles. The second-order valence-electron chi connectivity index (χ2n) is 6.85. The van der Waals surface area contributed by atoms with Crippen molar-refractivity contribution in [2.24, 2.45) is 5.41 Å². The van der Waals surface area contributed by atoms with E-state index in [0.717, 1.165) is 0 Å². The van der Waals surface area contributed by atoms with Crippen LogP contribution in [-0.4, -0.2) is 36.2 Å². The Morgan fingerprint density at radius 2 is 0.846 bits per heavy atom. The average Bonchev–Trinajstić information content (AvgIpc) is 2.52. The van der Waals surface area contributed by atoms with Crippen molar-refractivity contribution in [2.45, 2.75) is 66.8 Å². The van der Waals surface area contributed by atoms with Crippen molar-refractivity contribution in [3.63, 3.8) is 0 Å². The van der Waals surface area contributed by atoms with Gasteiger partial charge in [-0.1, -0.05) is 19.7 Å². The van der Waals surface area contributed by atoms with Crippen molar-refractivity contribution in [1.82, 2.24) is 0 Å². The Balaban J connectivity index is 5.74. The number of carbonyl (C=O) groups is 3. The lowest BCUT2D eigenvalue weighted by Gasteiger charge is -2.43. The Morgan fingerprint density at radius 3 is 1.00 bits per heavy atom. The van der Waals surface area contributed by atoms with Gasteiger partial charge in [-0.05, 0) is 48.5 Å². The second-order valence-corrected chi connectivity index (χ2v) is 6.85. The maximum atomic E-state index is 11.9. The fraction of sp³-hybridized carbons (Fsp3) is 0.550. The molecule has 0 aromatic carbocycles. The van der Waals surface area contributed by atoms with Gasteiger partial charge in [0.05, 0.1) is 5.41 Å². The Hall–Kier alpha value is -2.37. The van der Waals surface area contributed by atoms with Gasteiger partial charge in [-0.15, -0.1) is 0 Å². The molecule has 0 aliphatic carbocycles. The number of carbonyl (C=O) groups excluding carboxylic acids is 3. The maximum Gasteiger partial charge on any atom is 0.333 e. The quantitative estimate of drug-likeness (QED) is 0.353. The van der Waals surface area contributed by atoms with E-state index in [-0.39, 0.29) is 16.7 Å². The third-order valence-corrected chi connectivity index (χ3v) is 4.52. The summed E-state index contributed by atoms with van der Waals surface area (Å²) in [7, 11) is 0. The fourth-order valence-electron chi connectivity index (χ4n) is 2.16. The number of esters is 3. The second kappa shape index (κ2) is 9.36. The van der Waals surface area contributed by atoms with Crippen LogP contribution in [-0.2, 0) is 28.6 Å². The third kappa shape index (κ3) is 5.86. The van der Waals surface area contributed by atoms with Crippen LogP contribution in [0, 0.1) is 5.41 Å². The molecule has 0 aliphatic heterocycles. The molecule has 0 amide bonds. The minimum atomic E-state index is -1.03. The van der Waals surface area contributed by atoms with E-state index in [0.29, 0.717) is 0 Å². The molecule has 0 N–H and O–H groups in total. The SMILES string of the molecule is C=C(C)C(=O)OC(C)C(C)(C(C)OC(=O)C(=C)C)C(C)OC(=O)C(=C)C. The minimum absolute atomic E-state index is 0.234. The first-order valence-electron chi connectivity index (χ1n) is 8.34. The third-order valence-electron chi connectivity index (χ3n) is 4.52. The van der Waals surface area contributed by atoms with Gasteiger partial charge in [-0.2, -0.15) is 0 Å². The Morgan fingerprint density at radius 1 is 0.654 bits per heavy atom. The van der Waals surface area contributed by atoms with E-state index in [1.165, 1.54) is 20.8 Å². The van der Waals surface area contributed by atoms with Crippen molar-refractivity contribution in [2.75, 3.05) is 0 Å². The largest absolute Gasteiger partial charge is 0.458 e. The van der Waals surface area contributed by atoms with Crippen molar-refractivity contribution in [3.8, 4) is 0 Å². The van der Waals surface area contributed by atoms with E-state index >= 15 is 0 Å². The summed E-state index contributed by atoms with van der Waals surface area (Å²) in [5, 5.41) is 0. The molecule has 0 aliphatic rings. The van der Waals surface area contributed by atoms with Gasteiger partial charge >= 0.3 is 17.9 Å². The molecule has 0 spiro atoms. The van der Waals surface area contributed by atoms with Gasteiger partial charge in [-0.25, -0.2) is 14.4 Å². The Kier molecular flexibility index (Phi) is 8.51. The smallest absolute Gasteiger partial charge is 0.333 e. The van der Waals surface area contributed by atoms with Crippen molar-refractivity contribution < 1.29 is 28.6 Å². The molecule has 6 heteroatoms. The molecule has 6 nitrogen and oxygen atoms in total. The first-order valence-corrected chi connectivity index (χ1v) is 8.34. The molecule has 3 unspecified atom stereocenters. The van der Waals surface area contributed by atoms with Gasteiger partial charge in [0.15, 0.2) is 0 Å². The first-order chi connectivity index (χ1) is 11.7. The molecule has 0 rings (SSSR count). The van der Waals surface area contributed by atoms with Crippen LogP contribution in [0.1, 0.15) is 48.5 Å². The highest BCUT2D eigenvalue weighted by Gasteiger charge is 2.48. The molecule has 0 aromatic rings. The van der Waals surface area contributed by atoms with Gasteiger partial charge in [0.2, 0.25) is 0 Å². The van der Waals surface area contributed by atoms with Crippen LogP contribution in [0.2, 0.25) is 0 Å². The molecule has 0 bridgehead atoms. The molecule has 0 fully saturated rings. The average molecular weight is 366 g/mol. The summed E-state index contributed by atoms with van der Waals surface area (Å²) in [4.78, 5) is 35.8. The zero-order chi connectivity index (χ0) is 20.8. The van der Waals surface area contributed by atoms with Crippen molar-refractivity contribution in [1.29, 1.82) is 0 Å². The molecule has 0 radical (unpaired) electrons. The van der Waals surface area contributed by atoms with E-state index in [1.54, 1.807) is 27.7 Å². The van der Waals surface area contributed by atoms with Crippen LogP contribution in [0.5, 0.6) is 0 Å². The number of rotatable bonds is 9. The van der Waals surface area contributed by atoms with Crippen LogP contribution in [0.3, 0.4) is 0 Å². The van der Waals surface area contributed by atoms with Crippen molar-refractivity contribution in [3.05, 3.63) is 36.5 Å². The standard InChI is InChI=1S/C20H30O6/c1-11(2)17(21)24-14(7)20(10,15(8)25-18(22)12(3)4)16(9)26-19(23)13(5)6/h14-16H,1,3,5H2,2,4,6-10H3. The lowest BCUT2D eigenvalue weighted by molar-refractivity contribution is -0.186. The molecule has 26 heavy (non-hydrogen) atoms. The lowest BCUT2D eigenvalue weighted by atomic mass is 9.75. The normalized spacial score (nSPS) is 16.3. The number of hydrogen-bond donors (Lipinski definition) is 0. The summed E-state index contributed by atoms with van der Waals surface area (Å²) in [5.41, 5.74) is -0.325. The lowest BCUT2D eigenvalue weighted by Crippen LogP contribution is -2.52. The summed E-state index contributed by atoms with van der Waals surface area (Å²) in [6.45, 7) is 21.9. The van der Waals surface area contributed by atoms with Gasteiger partial charge in [0.25, 0.3) is 0 Å². The molecule has 0 saturated heterocycles. The van der Waals surface area contributed by atoms with Gasteiger partial charge in [0.1, 0.15) is 18.3 Å². The van der Waals surface area contributed by atoms with E-state index in [2.05, 4.69) is 19.7 Å². The summed E-state index contributed by atoms with van der Waals surface area (Å²) in [6, 6.07) is 0. The van der Waals surface area contributed by atoms with Gasteiger partial charge in [0, 0.05) is 16.7 Å². The molecular formula is C20H30O6. The van der Waals surface area contributed by atoms with E-state index in [9.17, 15) is 14.4 Å². The van der Waals surface area contributed by atoms with Crippen LogP contribution in [0.15, 0.2) is 36.5 Å². The minimum Gasteiger partial charge on any atom is -0.458 e. The van der Waals surface area contributed by atoms with E-state index < -0.39 is 41.6 Å². The Labute approximate surface area is 155 Å². The fourth-order valence-corrected chi connectivity index (χ4v) is 2.16. The first kappa shape index (κ1) is 23.6. The van der Waals surface area contributed by atoms with Gasteiger partial charge < -0.3 is 14.2 Å². The number of hydrogen-bond acceptors (Lipinski definition) is 6. The van der Waals surface area contributed by atoms with Crippen LogP contribution >= 0.6 is 0 Å². The predicted molar refractivity (Wildman–Crippen MR) is 99.2 cm³/mol. The van der Waals surface area contributed by atoms with Crippen molar-refractivity contribution >= 4 is 17.9 Å². The summed E-state index contributed by atoms with van der Waals surface area (Å²) in [6.07, 6.45) is -2.23. The monoisotopic (exact) mass is 366 g/mol. The summed E-state index contributed by atoms with van der Waals surface area (Å²) >= 11 is 0. The van der Waals surface area contributed by atoms with E-state index in [1.807, 2.05) is 0 Å². The number of ether oxygens (including phenoxy) is 3. The zero-order valence-electron chi connectivity index (χ0n) is 16.8. The van der Waals surface area contributed by atoms with Crippen LogP contribution in [0.4, 0.5) is 0 Å². The highest BCUT2D eigenvalue weighted by Crippen LogP contribution is 2.37. The molecule has 0 heterocycles. The highest BCUT2D eigenvalue weighted by atomic mass is 16.6. The predicted octanol–water partition coefficient (Wildman–Crippen LogP) is 3.52. The zero-order valence-corrected chi connectivity index (χ0v) is 16.8. The molecule has 3 atom stereocenters. The van der Waals surface area contributed by atoms with Crippen LogP contribution in [0.25, 0.3) is 0 Å². The topological polar surface area (TPSA) is 78.9 Å². The van der Waals surface area contributed by atoms with E-state index in [4.69, 9.17) is 14.2 Å².